The summed E-state index contributed by atoms with van der Waals surface area (Å²) in [6.45, 7) is 1.73. The highest BCUT2D eigenvalue weighted by Crippen LogP contribution is 2.23. The molecule has 0 aliphatic rings. The number of nitrogens with zero attached hydrogens (tertiary/aromatic N) is 1. The zero-order chi connectivity index (χ0) is 18.0. The van der Waals surface area contributed by atoms with E-state index in [1.54, 1.807) is 25.1 Å². The maximum Gasteiger partial charge on any atom is 0.573 e. The summed E-state index contributed by atoms with van der Waals surface area (Å²) in [4.78, 5) is 16.2. The standard InChI is InChI=1S/C17H13F3N2O3/c1-10-21-14-7-4-12(9-15(14)24-10)22-16(23)8-11-2-5-13(6-3-11)25-17(18,19)20/h2-7,9H,8H2,1H3,(H,22,23). The molecule has 130 valence electrons. The van der Waals surface area contributed by atoms with Crippen molar-refractivity contribution in [1.82, 2.24) is 4.98 Å². The van der Waals surface area contributed by atoms with Gasteiger partial charge in [-0.05, 0) is 29.8 Å². The predicted octanol–water partition coefficient (Wildman–Crippen LogP) is 4.22. The van der Waals surface area contributed by atoms with Crippen molar-refractivity contribution in [2.75, 3.05) is 5.32 Å². The second-order valence-electron chi connectivity index (χ2n) is 5.33. The molecule has 3 rings (SSSR count). The van der Waals surface area contributed by atoms with E-state index >= 15 is 0 Å². The van der Waals surface area contributed by atoms with E-state index in [2.05, 4.69) is 15.0 Å². The van der Waals surface area contributed by atoms with Gasteiger partial charge >= 0.3 is 6.36 Å². The highest BCUT2D eigenvalue weighted by molar-refractivity contribution is 5.94. The number of benzene rings is 2. The van der Waals surface area contributed by atoms with Crippen LogP contribution in [0.15, 0.2) is 46.9 Å². The van der Waals surface area contributed by atoms with E-state index in [-0.39, 0.29) is 18.1 Å². The summed E-state index contributed by atoms with van der Waals surface area (Å²) in [7, 11) is 0. The molecule has 0 saturated heterocycles. The number of hydrogen-bond acceptors (Lipinski definition) is 4. The van der Waals surface area contributed by atoms with Crippen molar-refractivity contribution in [1.29, 1.82) is 0 Å². The Kier molecular flexibility index (Phi) is 4.35. The first kappa shape index (κ1) is 16.8. The lowest BCUT2D eigenvalue weighted by atomic mass is 10.1. The van der Waals surface area contributed by atoms with E-state index < -0.39 is 6.36 Å². The average molecular weight is 350 g/mol. The van der Waals surface area contributed by atoms with Gasteiger partial charge in [0.05, 0.1) is 6.42 Å². The fourth-order valence-electron chi connectivity index (χ4n) is 2.32. The smallest absolute Gasteiger partial charge is 0.441 e. The Morgan fingerprint density at radius 2 is 1.92 bits per heavy atom. The molecule has 2 aromatic carbocycles. The first-order valence-electron chi connectivity index (χ1n) is 7.30. The number of nitrogens with one attached hydrogen (secondary N) is 1. The molecule has 0 spiro atoms. The minimum atomic E-state index is -4.74. The van der Waals surface area contributed by atoms with Gasteiger partial charge in [-0.25, -0.2) is 4.98 Å². The molecule has 0 bridgehead atoms. The third kappa shape index (κ3) is 4.50. The Balaban J connectivity index is 1.63. The number of anilines is 1. The van der Waals surface area contributed by atoms with E-state index in [0.717, 1.165) is 0 Å². The van der Waals surface area contributed by atoms with Gasteiger partial charge in [0.25, 0.3) is 0 Å². The SMILES string of the molecule is Cc1nc2ccc(NC(=O)Cc3ccc(OC(F)(F)F)cc3)cc2o1. The van der Waals surface area contributed by atoms with Crippen molar-refractivity contribution in [3.05, 3.63) is 53.9 Å². The van der Waals surface area contributed by atoms with Crippen LogP contribution in [0.1, 0.15) is 11.5 Å². The molecule has 8 heteroatoms. The molecule has 0 aliphatic heterocycles. The number of amides is 1. The molecule has 1 amide bonds. The Hall–Kier alpha value is -3.03. The summed E-state index contributed by atoms with van der Waals surface area (Å²) in [5, 5.41) is 2.71. The molecule has 5 nitrogen and oxygen atoms in total. The van der Waals surface area contributed by atoms with Gasteiger partial charge in [-0.1, -0.05) is 12.1 Å². The fourth-order valence-corrected chi connectivity index (χ4v) is 2.32. The molecule has 0 radical (unpaired) electrons. The average Bonchev–Trinajstić information content (AvgIpc) is 2.87. The Morgan fingerprint density at radius 3 is 2.60 bits per heavy atom. The molecule has 1 N–H and O–H groups in total. The lowest BCUT2D eigenvalue weighted by Crippen LogP contribution is -2.17. The van der Waals surface area contributed by atoms with Crippen LogP contribution < -0.4 is 10.1 Å². The zero-order valence-corrected chi connectivity index (χ0v) is 13.1. The molecule has 0 aliphatic carbocycles. The number of oxazole rings is 1. The van der Waals surface area contributed by atoms with Crippen molar-refractivity contribution in [3.8, 4) is 5.75 Å². The van der Waals surface area contributed by atoms with Crippen molar-refractivity contribution in [2.24, 2.45) is 0 Å². The summed E-state index contributed by atoms with van der Waals surface area (Å²) in [5.41, 5.74) is 2.36. The second-order valence-corrected chi connectivity index (χ2v) is 5.33. The van der Waals surface area contributed by atoms with E-state index in [1.165, 1.54) is 24.3 Å². The number of alkyl halides is 3. The van der Waals surface area contributed by atoms with Gasteiger partial charge in [-0.2, -0.15) is 0 Å². The number of carbonyl (C=O) groups is 1. The summed E-state index contributed by atoms with van der Waals surface area (Å²) in [6.07, 6.45) is -4.73. The number of rotatable bonds is 4. The first-order chi connectivity index (χ1) is 11.8. The quantitative estimate of drug-likeness (QED) is 0.765. The maximum absolute atomic E-state index is 12.1. The van der Waals surface area contributed by atoms with Crippen molar-refractivity contribution in [3.63, 3.8) is 0 Å². The lowest BCUT2D eigenvalue weighted by Gasteiger charge is -2.09. The second kappa shape index (κ2) is 6.46. The number of hydrogen-bond donors (Lipinski definition) is 1. The van der Waals surface area contributed by atoms with E-state index in [0.29, 0.717) is 28.2 Å². The summed E-state index contributed by atoms with van der Waals surface area (Å²) in [5.74, 6) is -0.109. The van der Waals surface area contributed by atoms with Crippen LogP contribution >= 0.6 is 0 Å². The van der Waals surface area contributed by atoms with Crippen LogP contribution in [0, 0.1) is 6.92 Å². The molecule has 25 heavy (non-hydrogen) atoms. The molecule has 0 saturated carbocycles. The molecular weight excluding hydrogens is 337 g/mol. The van der Waals surface area contributed by atoms with Crippen LogP contribution in [-0.2, 0) is 11.2 Å². The molecule has 0 fully saturated rings. The van der Waals surface area contributed by atoms with E-state index in [4.69, 9.17) is 4.42 Å². The normalized spacial score (nSPS) is 11.5. The van der Waals surface area contributed by atoms with Gasteiger partial charge in [0, 0.05) is 18.7 Å². The van der Waals surface area contributed by atoms with Crippen LogP contribution in [0.5, 0.6) is 5.75 Å². The zero-order valence-electron chi connectivity index (χ0n) is 13.1. The lowest BCUT2D eigenvalue weighted by molar-refractivity contribution is -0.274. The number of fused-ring (bicyclic) bond motifs is 1. The number of ether oxygens (including phenoxy) is 1. The van der Waals surface area contributed by atoms with E-state index in [9.17, 15) is 18.0 Å². The van der Waals surface area contributed by atoms with Crippen LogP contribution in [-0.4, -0.2) is 17.3 Å². The highest BCUT2D eigenvalue weighted by atomic mass is 19.4. The Morgan fingerprint density at radius 1 is 1.20 bits per heavy atom. The van der Waals surface area contributed by atoms with Gasteiger partial charge in [-0.3, -0.25) is 4.79 Å². The van der Waals surface area contributed by atoms with Crippen molar-refractivity contribution < 1.29 is 27.1 Å². The van der Waals surface area contributed by atoms with Crippen LogP contribution in [0.2, 0.25) is 0 Å². The topological polar surface area (TPSA) is 64.4 Å². The molecule has 3 aromatic rings. The number of halogens is 3. The van der Waals surface area contributed by atoms with Gasteiger partial charge in [-0.15, -0.1) is 13.2 Å². The maximum atomic E-state index is 12.1. The van der Waals surface area contributed by atoms with Crippen LogP contribution in [0.25, 0.3) is 11.1 Å². The monoisotopic (exact) mass is 350 g/mol. The van der Waals surface area contributed by atoms with Crippen LogP contribution in [0.3, 0.4) is 0 Å². The van der Waals surface area contributed by atoms with Gasteiger partial charge < -0.3 is 14.5 Å². The third-order valence-corrected chi connectivity index (χ3v) is 3.30. The number of carbonyl (C=O) groups excluding carboxylic acids is 1. The van der Waals surface area contributed by atoms with Crippen molar-refractivity contribution in [2.45, 2.75) is 19.7 Å². The van der Waals surface area contributed by atoms with Gasteiger partial charge in [0.2, 0.25) is 5.91 Å². The first-order valence-corrected chi connectivity index (χ1v) is 7.30. The molecule has 1 heterocycles. The van der Waals surface area contributed by atoms with Gasteiger partial charge in [0.15, 0.2) is 11.5 Å². The minimum Gasteiger partial charge on any atom is -0.441 e. The molecular formula is C17H13F3N2O3. The third-order valence-electron chi connectivity index (χ3n) is 3.30. The predicted molar refractivity (Wildman–Crippen MR) is 84.2 cm³/mol. The van der Waals surface area contributed by atoms with Crippen molar-refractivity contribution >= 4 is 22.7 Å². The number of aryl methyl sites for hydroxylation is 1. The minimum absolute atomic E-state index is 0.0137. The largest absolute Gasteiger partial charge is 0.573 e. The molecule has 0 atom stereocenters. The Bertz CT molecular complexity index is 902. The molecule has 0 unspecified atom stereocenters. The Labute approximate surface area is 140 Å². The molecule has 1 aromatic heterocycles. The van der Waals surface area contributed by atoms with E-state index in [1.807, 2.05) is 0 Å². The summed E-state index contributed by atoms with van der Waals surface area (Å²) >= 11 is 0. The summed E-state index contributed by atoms with van der Waals surface area (Å²) in [6, 6.07) is 10.2. The summed E-state index contributed by atoms with van der Waals surface area (Å²) < 4.78 is 45.5. The fraction of sp³-hybridized carbons (Fsp3) is 0.176. The van der Waals surface area contributed by atoms with Gasteiger partial charge in [0.1, 0.15) is 11.3 Å². The highest BCUT2D eigenvalue weighted by Gasteiger charge is 2.30. The number of aromatic nitrogens is 1. The van der Waals surface area contributed by atoms with Crippen LogP contribution in [0.4, 0.5) is 18.9 Å².